The molecule has 0 saturated carbocycles. The highest BCUT2D eigenvalue weighted by atomic mass is 35.5. The number of H-pyrrole nitrogens is 1. The predicted octanol–water partition coefficient (Wildman–Crippen LogP) is 1.97. The summed E-state index contributed by atoms with van der Waals surface area (Å²) in [5.41, 5.74) is 0.664. The third kappa shape index (κ3) is 3.75. The summed E-state index contributed by atoms with van der Waals surface area (Å²) in [6, 6.07) is 9.87. The van der Waals surface area contributed by atoms with Crippen LogP contribution in [0.3, 0.4) is 0 Å². The van der Waals surface area contributed by atoms with E-state index in [1.165, 1.54) is 0 Å². The van der Waals surface area contributed by atoms with E-state index in [0.717, 1.165) is 10.1 Å². The monoisotopic (exact) mass is 385 g/mol. The summed E-state index contributed by atoms with van der Waals surface area (Å²) >= 11 is 5.85. The number of fused-ring (bicyclic) bond motifs is 1. The lowest BCUT2D eigenvalue weighted by Crippen LogP contribution is -2.36. The third-order valence-electron chi connectivity index (χ3n) is 4.30. The van der Waals surface area contributed by atoms with Crippen LogP contribution in [0.2, 0.25) is 0 Å². The number of rotatable bonds is 6. The summed E-state index contributed by atoms with van der Waals surface area (Å²) in [5, 5.41) is 4.27. The van der Waals surface area contributed by atoms with Crippen molar-refractivity contribution in [3.63, 3.8) is 0 Å². The number of aromatic nitrogens is 4. The number of aryl methyl sites for hydroxylation is 1. The number of aromatic amines is 1. The molecule has 1 N–H and O–H groups in total. The van der Waals surface area contributed by atoms with Crippen LogP contribution >= 0.6 is 11.6 Å². The maximum atomic E-state index is 12.4. The molecular weight excluding hydrogens is 370 g/mol. The second-order valence-electron chi connectivity index (χ2n) is 6.25. The summed E-state index contributed by atoms with van der Waals surface area (Å²) in [7, 11) is 0. The van der Waals surface area contributed by atoms with Gasteiger partial charge in [0.15, 0.2) is 5.82 Å². The highest BCUT2D eigenvalue weighted by molar-refractivity contribution is 6.66. The summed E-state index contributed by atoms with van der Waals surface area (Å²) in [4.78, 5) is 35.5. The lowest BCUT2D eigenvalue weighted by Gasteiger charge is -2.05. The molecule has 0 fully saturated rings. The standard InChI is InChI=1S/C18H16ClN5O3/c19-13-10-12-16(20-13)22-18(26)24(17(12)25)8-4-7-15-21-14(23-27-15)9-11-5-2-1-3-6-11/h1-3,5-6H,4,7-10H2,(H,22,26). The first-order valence-electron chi connectivity index (χ1n) is 8.54. The van der Waals surface area contributed by atoms with Crippen LogP contribution in [0, 0.1) is 0 Å². The number of nitrogens with one attached hydrogen (secondary N) is 1. The van der Waals surface area contributed by atoms with Crippen molar-refractivity contribution < 1.29 is 4.52 Å². The van der Waals surface area contributed by atoms with Crippen LogP contribution in [0.15, 0.2) is 49.4 Å². The van der Waals surface area contributed by atoms with E-state index in [1.54, 1.807) is 0 Å². The van der Waals surface area contributed by atoms with Crippen molar-refractivity contribution in [2.45, 2.75) is 32.2 Å². The minimum absolute atomic E-state index is 0.246. The zero-order valence-corrected chi connectivity index (χ0v) is 15.1. The normalized spacial score (nSPS) is 12.9. The molecule has 3 aromatic rings. The molecule has 3 heterocycles. The molecule has 0 aliphatic carbocycles. The molecule has 27 heavy (non-hydrogen) atoms. The number of hydrogen-bond donors (Lipinski definition) is 1. The van der Waals surface area contributed by atoms with E-state index in [4.69, 9.17) is 16.1 Å². The molecule has 0 saturated heterocycles. The smallest absolute Gasteiger partial charge is 0.329 e. The molecule has 4 rings (SSSR count). The first kappa shape index (κ1) is 17.4. The Bertz CT molecular complexity index is 1110. The van der Waals surface area contributed by atoms with Gasteiger partial charge in [-0.25, -0.2) is 9.79 Å². The fourth-order valence-corrected chi connectivity index (χ4v) is 3.21. The highest BCUT2D eigenvalue weighted by Gasteiger charge is 2.20. The van der Waals surface area contributed by atoms with E-state index >= 15 is 0 Å². The molecule has 1 aromatic carbocycles. The minimum Gasteiger partial charge on any atom is -0.339 e. The zero-order chi connectivity index (χ0) is 18.8. The SMILES string of the molecule is O=c1[nH]c2c(c(=O)n1CCCc1nc(Cc3ccccc3)no1)CC(Cl)=N2. The molecule has 138 valence electrons. The Morgan fingerprint density at radius 3 is 2.85 bits per heavy atom. The topological polar surface area (TPSA) is 106 Å². The Kier molecular flexibility index (Phi) is 4.72. The number of benzene rings is 1. The van der Waals surface area contributed by atoms with Crippen LogP contribution in [0.25, 0.3) is 0 Å². The zero-order valence-electron chi connectivity index (χ0n) is 14.3. The van der Waals surface area contributed by atoms with Crippen LogP contribution in [0.5, 0.6) is 0 Å². The molecular formula is C18H16ClN5O3. The van der Waals surface area contributed by atoms with Gasteiger partial charge in [-0.3, -0.25) is 14.3 Å². The van der Waals surface area contributed by atoms with Gasteiger partial charge in [-0.2, -0.15) is 4.98 Å². The first-order valence-corrected chi connectivity index (χ1v) is 8.92. The second-order valence-corrected chi connectivity index (χ2v) is 6.69. The number of halogens is 1. The lowest BCUT2D eigenvalue weighted by atomic mass is 10.1. The Balaban J connectivity index is 1.39. The van der Waals surface area contributed by atoms with E-state index in [9.17, 15) is 9.59 Å². The fraction of sp³-hybridized carbons (Fsp3) is 0.278. The maximum absolute atomic E-state index is 12.4. The second kappa shape index (κ2) is 7.32. The van der Waals surface area contributed by atoms with Gasteiger partial charge in [-0.05, 0) is 12.0 Å². The first-order chi connectivity index (χ1) is 13.1. The molecule has 1 aliphatic rings. The van der Waals surface area contributed by atoms with E-state index in [-0.39, 0.29) is 24.3 Å². The van der Waals surface area contributed by atoms with Gasteiger partial charge in [-0.1, -0.05) is 47.1 Å². The fourth-order valence-electron chi connectivity index (χ4n) is 3.00. The van der Waals surface area contributed by atoms with Crippen molar-refractivity contribution in [2.24, 2.45) is 4.99 Å². The van der Waals surface area contributed by atoms with Crippen LogP contribution in [0.1, 0.15) is 29.3 Å². The molecule has 9 heteroatoms. The van der Waals surface area contributed by atoms with Gasteiger partial charge in [0.25, 0.3) is 5.56 Å². The van der Waals surface area contributed by atoms with Crippen LogP contribution < -0.4 is 11.2 Å². The third-order valence-corrected chi connectivity index (χ3v) is 4.52. The summed E-state index contributed by atoms with van der Waals surface area (Å²) in [5.74, 6) is 1.35. The molecule has 0 radical (unpaired) electrons. The lowest BCUT2D eigenvalue weighted by molar-refractivity contribution is 0.367. The van der Waals surface area contributed by atoms with Crippen molar-refractivity contribution in [3.8, 4) is 0 Å². The molecule has 0 spiro atoms. The van der Waals surface area contributed by atoms with Crippen molar-refractivity contribution in [3.05, 3.63) is 74.0 Å². The van der Waals surface area contributed by atoms with Gasteiger partial charge < -0.3 is 4.52 Å². The average molecular weight is 386 g/mol. The summed E-state index contributed by atoms with van der Waals surface area (Å²) in [6.07, 6.45) is 1.83. The van der Waals surface area contributed by atoms with Gasteiger partial charge in [0.05, 0.1) is 5.56 Å². The molecule has 1 aliphatic heterocycles. The van der Waals surface area contributed by atoms with Gasteiger partial charge >= 0.3 is 5.69 Å². The van der Waals surface area contributed by atoms with E-state index < -0.39 is 5.69 Å². The Labute approximate surface area is 158 Å². The van der Waals surface area contributed by atoms with E-state index in [0.29, 0.717) is 41.7 Å². The molecule has 0 atom stereocenters. The summed E-state index contributed by atoms with van der Waals surface area (Å²) in [6.45, 7) is 0.246. The molecule has 0 amide bonds. The van der Waals surface area contributed by atoms with Crippen molar-refractivity contribution in [2.75, 3.05) is 0 Å². The van der Waals surface area contributed by atoms with Crippen molar-refractivity contribution in [1.82, 2.24) is 19.7 Å². The van der Waals surface area contributed by atoms with Gasteiger partial charge in [0.2, 0.25) is 5.89 Å². The van der Waals surface area contributed by atoms with Crippen LogP contribution in [-0.4, -0.2) is 24.9 Å². The number of aliphatic imine (C=N–C) groups is 1. The summed E-state index contributed by atoms with van der Waals surface area (Å²) < 4.78 is 6.41. The maximum Gasteiger partial charge on any atom is 0.329 e. The molecule has 0 bridgehead atoms. The van der Waals surface area contributed by atoms with Crippen LogP contribution in [0.4, 0.5) is 5.82 Å². The minimum atomic E-state index is -0.496. The van der Waals surface area contributed by atoms with Gasteiger partial charge in [-0.15, -0.1) is 0 Å². The predicted molar refractivity (Wildman–Crippen MR) is 99.8 cm³/mol. The van der Waals surface area contributed by atoms with Crippen LogP contribution in [-0.2, 0) is 25.8 Å². The Hall–Kier alpha value is -3.00. The molecule has 2 aromatic heterocycles. The van der Waals surface area contributed by atoms with Crippen molar-refractivity contribution in [1.29, 1.82) is 0 Å². The number of hydrogen-bond acceptors (Lipinski definition) is 6. The van der Waals surface area contributed by atoms with E-state index in [2.05, 4.69) is 20.1 Å². The Morgan fingerprint density at radius 1 is 1.22 bits per heavy atom. The number of nitrogens with zero attached hydrogens (tertiary/aromatic N) is 4. The van der Waals surface area contributed by atoms with Gasteiger partial charge in [0.1, 0.15) is 11.0 Å². The largest absolute Gasteiger partial charge is 0.339 e. The molecule has 8 nitrogen and oxygen atoms in total. The quantitative estimate of drug-likeness (QED) is 0.698. The molecule has 0 unspecified atom stereocenters. The Morgan fingerprint density at radius 2 is 2.04 bits per heavy atom. The van der Waals surface area contributed by atoms with E-state index in [1.807, 2.05) is 30.3 Å². The van der Waals surface area contributed by atoms with Gasteiger partial charge in [0, 0.05) is 25.8 Å². The highest BCUT2D eigenvalue weighted by Crippen LogP contribution is 2.20. The van der Waals surface area contributed by atoms with Crippen molar-refractivity contribution >= 4 is 22.6 Å². The average Bonchev–Trinajstić information content (AvgIpc) is 3.24.